The van der Waals surface area contributed by atoms with E-state index in [1.807, 2.05) is 18.2 Å². The fraction of sp³-hybridized carbons (Fsp3) is 0.500. The lowest BCUT2D eigenvalue weighted by Gasteiger charge is -2.20. The minimum atomic E-state index is 0.251. The van der Waals surface area contributed by atoms with Crippen LogP contribution in [0.4, 0.5) is 5.69 Å². The van der Waals surface area contributed by atoms with Crippen LogP contribution in [0.3, 0.4) is 0 Å². The number of rotatable bonds is 2. The Morgan fingerprint density at radius 3 is 2.43 bits per heavy atom. The van der Waals surface area contributed by atoms with Gasteiger partial charge in [0.15, 0.2) is 0 Å². The van der Waals surface area contributed by atoms with Crippen molar-refractivity contribution in [2.75, 3.05) is 12.8 Å². The summed E-state index contributed by atoms with van der Waals surface area (Å²) in [7, 11) is 1.69. The van der Waals surface area contributed by atoms with Crippen LogP contribution in [0.25, 0.3) is 0 Å². The fourth-order valence-corrected chi connectivity index (χ4v) is 1.51. The Labute approximate surface area is 86.1 Å². The van der Waals surface area contributed by atoms with Gasteiger partial charge in [-0.1, -0.05) is 20.8 Å². The second-order valence-corrected chi connectivity index (χ2v) is 4.81. The molecule has 0 saturated heterocycles. The first-order chi connectivity index (χ1) is 6.42. The molecule has 1 rings (SSSR count). The maximum absolute atomic E-state index is 5.75. The molecule has 0 bridgehead atoms. The van der Waals surface area contributed by atoms with Crippen molar-refractivity contribution in [3.63, 3.8) is 0 Å². The lowest BCUT2D eigenvalue weighted by molar-refractivity contribution is 0.379. The smallest absolute Gasteiger partial charge is 0.122 e. The third-order valence-corrected chi connectivity index (χ3v) is 2.03. The molecule has 14 heavy (non-hydrogen) atoms. The monoisotopic (exact) mass is 193 g/mol. The Morgan fingerprint density at radius 2 is 1.93 bits per heavy atom. The van der Waals surface area contributed by atoms with Crippen LogP contribution in [0, 0.1) is 5.41 Å². The molecular formula is C12H19NO. The van der Waals surface area contributed by atoms with E-state index in [9.17, 15) is 0 Å². The summed E-state index contributed by atoms with van der Waals surface area (Å²) in [5.74, 6) is 0.925. The van der Waals surface area contributed by atoms with Crippen molar-refractivity contribution in [1.82, 2.24) is 0 Å². The quantitative estimate of drug-likeness (QED) is 0.733. The third-order valence-electron chi connectivity index (χ3n) is 2.03. The molecule has 2 N–H and O–H groups in total. The predicted molar refractivity (Wildman–Crippen MR) is 60.6 cm³/mol. The summed E-state index contributed by atoms with van der Waals surface area (Å²) in [4.78, 5) is 0. The second kappa shape index (κ2) is 3.91. The van der Waals surface area contributed by atoms with Gasteiger partial charge in [0, 0.05) is 5.69 Å². The molecule has 0 fully saturated rings. The topological polar surface area (TPSA) is 35.2 Å². The molecule has 2 heteroatoms. The minimum absolute atomic E-state index is 0.251. The first kappa shape index (κ1) is 10.9. The van der Waals surface area contributed by atoms with Gasteiger partial charge >= 0.3 is 0 Å². The lowest BCUT2D eigenvalue weighted by Crippen LogP contribution is -2.10. The molecule has 0 aliphatic carbocycles. The highest BCUT2D eigenvalue weighted by molar-refractivity contribution is 5.48. The summed E-state index contributed by atoms with van der Waals surface area (Å²) in [6.07, 6.45) is 0.973. The molecule has 78 valence electrons. The van der Waals surface area contributed by atoms with Crippen LogP contribution in [0.15, 0.2) is 18.2 Å². The number of hydrogen-bond acceptors (Lipinski definition) is 2. The maximum Gasteiger partial charge on any atom is 0.122 e. The van der Waals surface area contributed by atoms with Gasteiger partial charge < -0.3 is 10.5 Å². The molecule has 0 aliphatic heterocycles. The van der Waals surface area contributed by atoms with Crippen LogP contribution in [-0.4, -0.2) is 7.11 Å². The Bertz CT molecular complexity index is 313. The molecule has 0 unspecified atom stereocenters. The van der Waals surface area contributed by atoms with Crippen molar-refractivity contribution < 1.29 is 4.74 Å². The average molecular weight is 193 g/mol. The fourth-order valence-electron chi connectivity index (χ4n) is 1.51. The van der Waals surface area contributed by atoms with E-state index in [1.165, 1.54) is 5.56 Å². The van der Waals surface area contributed by atoms with E-state index in [-0.39, 0.29) is 5.41 Å². The maximum atomic E-state index is 5.75. The molecule has 0 amide bonds. The van der Waals surface area contributed by atoms with Crippen LogP contribution in [0.5, 0.6) is 5.75 Å². The van der Waals surface area contributed by atoms with Crippen molar-refractivity contribution >= 4 is 5.69 Å². The molecule has 0 radical (unpaired) electrons. The Hall–Kier alpha value is -1.18. The second-order valence-electron chi connectivity index (χ2n) is 4.81. The molecule has 1 aromatic rings. The van der Waals surface area contributed by atoms with E-state index in [1.54, 1.807) is 7.11 Å². The highest BCUT2D eigenvalue weighted by Gasteiger charge is 2.14. The number of nitrogen functional groups attached to an aromatic ring is 1. The van der Waals surface area contributed by atoms with E-state index < -0.39 is 0 Å². The first-order valence-corrected chi connectivity index (χ1v) is 4.85. The van der Waals surface area contributed by atoms with Gasteiger partial charge in [0.1, 0.15) is 5.75 Å². The zero-order valence-electron chi connectivity index (χ0n) is 9.42. The summed E-state index contributed by atoms with van der Waals surface area (Å²) >= 11 is 0. The molecule has 0 aromatic heterocycles. The van der Waals surface area contributed by atoms with Gasteiger partial charge in [-0.2, -0.15) is 0 Å². The van der Waals surface area contributed by atoms with Crippen LogP contribution in [0.2, 0.25) is 0 Å². The standard InChI is InChI=1S/C12H19NO/c1-12(2,3)8-9-7-10(13)5-6-11(9)14-4/h5-7H,8,13H2,1-4H3. The molecule has 0 spiro atoms. The van der Waals surface area contributed by atoms with Gasteiger partial charge in [-0.3, -0.25) is 0 Å². The van der Waals surface area contributed by atoms with Crippen molar-refractivity contribution in [1.29, 1.82) is 0 Å². The van der Waals surface area contributed by atoms with E-state index in [0.717, 1.165) is 17.9 Å². The van der Waals surface area contributed by atoms with Gasteiger partial charge in [0.25, 0.3) is 0 Å². The molecule has 0 saturated carbocycles. The zero-order valence-corrected chi connectivity index (χ0v) is 9.42. The Kier molecular flexibility index (Phi) is 3.04. The Morgan fingerprint density at radius 1 is 1.29 bits per heavy atom. The normalized spacial score (nSPS) is 11.4. The number of anilines is 1. The van der Waals surface area contributed by atoms with Gasteiger partial charge in [0.05, 0.1) is 7.11 Å². The largest absolute Gasteiger partial charge is 0.496 e. The molecular weight excluding hydrogens is 174 g/mol. The third kappa shape index (κ3) is 2.95. The summed E-state index contributed by atoms with van der Waals surface area (Å²) in [5, 5.41) is 0. The zero-order chi connectivity index (χ0) is 10.8. The van der Waals surface area contributed by atoms with Crippen LogP contribution >= 0.6 is 0 Å². The van der Waals surface area contributed by atoms with Crippen molar-refractivity contribution in [3.8, 4) is 5.75 Å². The van der Waals surface area contributed by atoms with Gasteiger partial charge in [-0.25, -0.2) is 0 Å². The summed E-state index contributed by atoms with van der Waals surface area (Å²) in [6, 6.07) is 5.78. The van der Waals surface area contributed by atoms with E-state index in [4.69, 9.17) is 10.5 Å². The first-order valence-electron chi connectivity index (χ1n) is 4.85. The van der Waals surface area contributed by atoms with E-state index >= 15 is 0 Å². The van der Waals surface area contributed by atoms with E-state index in [0.29, 0.717) is 0 Å². The van der Waals surface area contributed by atoms with Crippen LogP contribution in [-0.2, 0) is 6.42 Å². The molecule has 0 atom stereocenters. The number of nitrogens with two attached hydrogens (primary N) is 1. The molecule has 2 nitrogen and oxygen atoms in total. The van der Waals surface area contributed by atoms with Crippen LogP contribution in [0.1, 0.15) is 26.3 Å². The van der Waals surface area contributed by atoms with Gasteiger partial charge in [-0.05, 0) is 35.6 Å². The average Bonchev–Trinajstić information content (AvgIpc) is 2.01. The van der Waals surface area contributed by atoms with Gasteiger partial charge in [0.2, 0.25) is 0 Å². The Balaban J connectivity index is 2.99. The molecule has 0 aliphatic rings. The minimum Gasteiger partial charge on any atom is -0.496 e. The van der Waals surface area contributed by atoms with Crippen molar-refractivity contribution in [3.05, 3.63) is 23.8 Å². The summed E-state index contributed by atoms with van der Waals surface area (Å²) in [5.41, 5.74) is 7.97. The lowest BCUT2D eigenvalue weighted by atomic mass is 9.87. The highest BCUT2D eigenvalue weighted by Crippen LogP contribution is 2.28. The summed E-state index contributed by atoms with van der Waals surface area (Å²) in [6.45, 7) is 6.61. The van der Waals surface area contributed by atoms with Crippen LogP contribution < -0.4 is 10.5 Å². The number of hydrogen-bond donors (Lipinski definition) is 1. The molecule has 1 aromatic carbocycles. The number of ether oxygens (including phenoxy) is 1. The predicted octanol–water partition coefficient (Wildman–Crippen LogP) is 2.87. The highest BCUT2D eigenvalue weighted by atomic mass is 16.5. The number of benzene rings is 1. The molecule has 0 heterocycles. The number of methoxy groups -OCH3 is 1. The van der Waals surface area contributed by atoms with Crippen molar-refractivity contribution in [2.24, 2.45) is 5.41 Å². The van der Waals surface area contributed by atoms with Gasteiger partial charge in [-0.15, -0.1) is 0 Å². The van der Waals surface area contributed by atoms with E-state index in [2.05, 4.69) is 20.8 Å². The SMILES string of the molecule is COc1ccc(N)cc1CC(C)(C)C. The summed E-state index contributed by atoms with van der Waals surface area (Å²) < 4.78 is 5.29. The van der Waals surface area contributed by atoms with Crippen molar-refractivity contribution in [2.45, 2.75) is 27.2 Å².